The van der Waals surface area contributed by atoms with Gasteiger partial charge in [-0.2, -0.15) is 0 Å². The molecule has 1 aromatic heterocycles. The summed E-state index contributed by atoms with van der Waals surface area (Å²) in [7, 11) is 0. The van der Waals surface area contributed by atoms with Gasteiger partial charge in [-0.25, -0.2) is 0 Å². The Morgan fingerprint density at radius 1 is 1.38 bits per heavy atom. The van der Waals surface area contributed by atoms with Crippen molar-refractivity contribution in [3.8, 4) is 0 Å². The minimum absolute atomic E-state index is 0.0285. The fourth-order valence-corrected chi connectivity index (χ4v) is 2.80. The Balaban J connectivity index is 2.62. The molecule has 0 aliphatic carbocycles. The lowest BCUT2D eigenvalue weighted by Crippen LogP contribution is -2.19. The molecule has 2 aromatic rings. The molecule has 5 N–H and O–H groups in total. The van der Waals surface area contributed by atoms with Crippen LogP contribution in [0.3, 0.4) is 0 Å². The number of hydrogen-bond donors (Lipinski definition) is 3. The number of amides is 1. The summed E-state index contributed by atoms with van der Waals surface area (Å²) in [5.41, 5.74) is 14.8. The molecule has 0 saturated heterocycles. The van der Waals surface area contributed by atoms with Crippen LogP contribution in [0.25, 0.3) is 10.9 Å². The van der Waals surface area contributed by atoms with Crippen molar-refractivity contribution >= 4 is 16.8 Å². The first kappa shape index (κ1) is 15.5. The van der Waals surface area contributed by atoms with Gasteiger partial charge in [0.15, 0.2) is 0 Å². The number of aliphatic hydroxyl groups excluding tert-OH is 1. The van der Waals surface area contributed by atoms with Gasteiger partial charge in [0.2, 0.25) is 0 Å². The van der Waals surface area contributed by atoms with Crippen molar-refractivity contribution in [1.82, 2.24) is 4.57 Å². The molecule has 1 amide bonds. The first-order valence-corrected chi connectivity index (χ1v) is 7.23. The van der Waals surface area contributed by atoms with Gasteiger partial charge in [-0.15, -0.1) is 0 Å². The third-order valence-electron chi connectivity index (χ3n) is 3.62. The average Bonchev–Trinajstić information content (AvgIpc) is 2.70. The average molecular weight is 289 g/mol. The van der Waals surface area contributed by atoms with E-state index >= 15 is 0 Å². The van der Waals surface area contributed by atoms with Crippen LogP contribution in [0.4, 0.5) is 0 Å². The van der Waals surface area contributed by atoms with Crippen molar-refractivity contribution in [2.24, 2.45) is 11.5 Å². The quantitative estimate of drug-likeness (QED) is 0.748. The molecule has 0 fully saturated rings. The van der Waals surface area contributed by atoms with Crippen LogP contribution in [0.2, 0.25) is 0 Å². The van der Waals surface area contributed by atoms with E-state index < -0.39 is 5.91 Å². The zero-order valence-electron chi connectivity index (χ0n) is 12.6. The van der Waals surface area contributed by atoms with Gasteiger partial charge < -0.3 is 21.1 Å². The molecule has 1 heterocycles. The molecule has 1 aromatic carbocycles. The van der Waals surface area contributed by atoms with Crippen LogP contribution in [0.1, 0.15) is 35.0 Å². The van der Waals surface area contributed by atoms with Crippen LogP contribution >= 0.6 is 0 Å². The van der Waals surface area contributed by atoms with Crippen LogP contribution in [0, 0.1) is 6.92 Å². The van der Waals surface area contributed by atoms with Crippen molar-refractivity contribution < 1.29 is 9.90 Å². The van der Waals surface area contributed by atoms with Gasteiger partial charge in [-0.1, -0.05) is 0 Å². The number of hydrogen-bond acceptors (Lipinski definition) is 3. The van der Waals surface area contributed by atoms with E-state index in [1.54, 1.807) is 0 Å². The Labute approximate surface area is 124 Å². The number of primary amides is 1. The fraction of sp³-hybridized carbons (Fsp3) is 0.438. The summed E-state index contributed by atoms with van der Waals surface area (Å²) >= 11 is 0. The summed E-state index contributed by atoms with van der Waals surface area (Å²) in [6.45, 7) is 4.71. The molecular weight excluding hydrogens is 266 g/mol. The van der Waals surface area contributed by atoms with E-state index in [1.165, 1.54) is 0 Å². The van der Waals surface area contributed by atoms with Gasteiger partial charge in [0, 0.05) is 30.3 Å². The van der Waals surface area contributed by atoms with E-state index in [4.69, 9.17) is 16.6 Å². The van der Waals surface area contributed by atoms with Gasteiger partial charge in [-0.05, 0) is 50.5 Å². The highest BCUT2D eigenvalue weighted by Gasteiger charge is 2.15. The highest BCUT2D eigenvalue weighted by molar-refractivity contribution is 6.05. The van der Waals surface area contributed by atoms with Crippen LogP contribution in [-0.4, -0.2) is 28.2 Å². The number of carbonyl (C=O) groups excluding carboxylic acids is 1. The topological polar surface area (TPSA) is 94.3 Å². The fourth-order valence-electron chi connectivity index (χ4n) is 2.80. The Kier molecular flexibility index (Phi) is 4.65. The van der Waals surface area contributed by atoms with E-state index in [0.717, 1.165) is 22.2 Å². The number of aromatic nitrogens is 1. The van der Waals surface area contributed by atoms with Gasteiger partial charge >= 0.3 is 0 Å². The Hall–Kier alpha value is -1.85. The summed E-state index contributed by atoms with van der Waals surface area (Å²) in [6, 6.07) is 5.97. The number of nitrogens with two attached hydrogens (primary N) is 2. The van der Waals surface area contributed by atoms with Crippen molar-refractivity contribution in [1.29, 1.82) is 0 Å². The molecule has 1 unspecified atom stereocenters. The minimum Gasteiger partial charge on any atom is -0.396 e. The monoisotopic (exact) mass is 289 g/mol. The summed E-state index contributed by atoms with van der Waals surface area (Å²) in [4.78, 5) is 11.8. The zero-order valence-corrected chi connectivity index (χ0v) is 12.6. The molecule has 114 valence electrons. The molecule has 0 radical (unpaired) electrons. The number of nitrogens with zero attached hydrogens (tertiary/aromatic N) is 1. The van der Waals surface area contributed by atoms with Crippen molar-refractivity contribution in [3.05, 3.63) is 35.0 Å². The second-order valence-electron chi connectivity index (χ2n) is 5.64. The molecule has 2 rings (SSSR count). The number of aliphatic hydroxyl groups is 1. The lowest BCUT2D eigenvalue weighted by atomic mass is 10.0. The first-order chi connectivity index (χ1) is 9.93. The van der Waals surface area contributed by atoms with E-state index in [-0.39, 0.29) is 12.6 Å². The third kappa shape index (κ3) is 3.25. The first-order valence-electron chi connectivity index (χ1n) is 7.23. The summed E-state index contributed by atoms with van der Waals surface area (Å²) in [5, 5.41) is 10.0. The van der Waals surface area contributed by atoms with Gasteiger partial charge in [0.05, 0.1) is 11.1 Å². The Bertz CT molecular complexity index is 659. The zero-order chi connectivity index (χ0) is 15.6. The highest BCUT2D eigenvalue weighted by atomic mass is 16.3. The molecule has 21 heavy (non-hydrogen) atoms. The number of benzene rings is 1. The second kappa shape index (κ2) is 6.28. The normalized spacial score (nSPS) is 12.8. The van der Waals surface area contributed by atoms with E-state index in [1.807, 2.05) is 30.5 Å². The molecule has 5 nitrogen and oxygen atoms in total. The number of carbonyl (C=O) groups is 1. The molecule has 5 heteroatoms. The van der Waals surface area contributed by atoms with Crippen LogP contribution in [-0.2, 0) is 13.0 Å². The molecular formula is C16H23N3O2. The Morgan fingerprint density at radius 3 is 2.67 bits per heavy atom. The van der Waals surface area contributed by atoms with E-state index in [9.17, 15) is 4.79 Å². The summed E-state index contributed by atoms with van der Waals surface area (Å²) in [6.07, 6.45) is 1.35. The maximum absolute atomic E-state index is 11.8. The molecule has 0 bridgehead atoms. The lowest BCUT2D eigenvalue weighted by molar-refractivity contribution is 0.100. The van der Waals surface area contributed by atoms with Crippen LogP contribution in [0.5, 0.6) is 0 Å². The molecule has 0 aliphatic rings. The standard InChI is InChI=1S/C16H23N3O2/c1-10(17)6-12-8-13-7-11(2)19(4-3-5-20)15(13)14(9-12)16(18)21/h7-10,20H,3-6,17H2,1-2H3,(H2,18,21). The minimum atomic E-state index is -0.435. The largest absolute Gasteiger partial charge is 0.396 e. The van der Waals surface area contributed by atoms with Crippen molar-refractivity contribution in [2.75, 3.05) is 6.61 Å². The lowest BCUT2D eigenvalue weighted by Gasteiger charge is -2.12. The van der Waals surface area contributed by atoms with Gasteiger partial charge in [0.1, 0.15) is 0 Å². The smallest absolute Gasteiger partial charge is 0.250 e. The maximum atomic E-state index is 11.8. The predicted octanol–water partition coefficient (Wildman–Crippen LogP) is 1.32. The predicted molar refractivity (Wildman–Crippen MR) is 84.2 cm³/mol. The number of aryl methyl sites for hydroxylation is 2. The molecule has 0 saturated carbocycles. The van der Waals surface area contributed by atoms with Crippen LogP contribution < -0.4 is 11.5 Å². The summed E-state index contributed by atoms with van der Waals surface area (Å²) in [5.74, 6) is -0.435. The van der Waals surface area contributed by atoms with Crippen molar-refractivity contribution in [2.45, 2.75) is 39.3 Å². The summed E-state index contributed by atoms with van der Waals surface area (Å²) < 4.78 is 2.04. The number of rotatable bonds is 6. The Morgan fingerprint density at radius 2 is 2.10 bits per heavy atom. The molecule has 0 aliphatic heterocycles. The van der Waals surface area contributed by atoms with Gasteiger partial charge in [0.25, 0.3) is 5.91 Å². The van der Waals surface area contributed by atoms with Crippen LogP contribution in [0.15, 0.2) is 18.2 Å². The third-order valence-corrected chi connectivity index (χ3v) is 3.62. The van der Waals surface area contributed by atoms with Crippen molar-refractivity contribution in [3.63, 3.8) is 0 Å². The molecule has 1 atom stereocenters. The SMILES string of the molecule is Cc1cc2cc(CC(C)N)cc(C(N)=O)c2n1CCCO. The number of fused-ring (bicyclic) bond motifs is 1. The van der Waals surface area contributed by atoms with E-state index in [2.05, 4.69) is 6.07 Å². The molecule has 0 spiro atoms. The highest BCUT2D eigenvalue weighted by Crippen LogP contribution is 2.26. The second-order valence-corrected chi connectivity index (χ2v) is 5.64. The van der Waals surface area contributed by atoms with Gasteiger partial charge in [-0.3, -0.25) is 4.79 Å². The maximum Gasteiger partial charge on any atom is 0.250 e. The van der Waals surface area contributed by atoms with E-state index in [0.29, 0.717) is 24.9 Å².